The summed E-state index contributed by atoms with van der Waals surface area (Å²) in [5.41, 5.74) is -0.517. The van der Waals surface area contributed by atoms with Gasteiger partial charge in [-0.3, -0.25) is 0 Å². The van der Waals surface area contributed by atoms with Crippen LogP contribution in [0.3, 0.4) is 0 Å². The maximum absolute atomic E-state index is 11.3. The van der Waals surface area contributed by atoms with Crippen LogP contribution in [0.1, 0.15) is 20.8 Å². The normalized spacial score (nSPS) is 11.0. The van der Waals surface area contributed by atoms with E-state index >= 15 is 0 Å². The summed E-state index contributed by atoms with van der Waals surface area (Å²) < 4.78 is 10.2. The summed E-state index contributed by atoms with van der Waals surface area (Å²) >= 11 is 5.49. The molecule has 1 heterocycles. The number of carbonyl (C=O) groups is 1. The first-order chi connectivity index (χ1) is 7.37. The van der Waals surface area contributed by atoms with Gasteiger partial charge in [0, 0.05) is 0 Å². The SMILES string of the molecule is CC(C)(C)OC(=O)COc1cnc(Cl)nc1. The highest BCUT2D eigenvalue weighted by Gasteiger charge is 2.16. The van der Waals surface area contributed by atoms with Gasteiger partial charge in [-0.1, -0.05) is 0 Å². The average molecular weight is 245 g/mol. The lowest BCUT2D eigenvalue weighted by Gasteiger charge is -2.19. The molecular weight excluding hydrogens is 232 g/mol. The molecule has 0 spiro atoms. The molecule has 6 heteroatoms. The van der Waals surface area contributed by atoms with Gasteiger partial charge in [0.15, 0.2) is 12.4 Å². The van der Waals surface area contributed by atoms with Crippen LogP contribution in [0, 0.1) is 0 Å². The monoisotopic (exact) mass is 244 g/mol. The molecule has 88 valence electrons. The minimum atomic E-state index is -0.517. The maximum atomic E-state index is 11.3. The number of hydrogen-bond acceptors (Lipinski definition) is 5. The van der Waals surface area contributed by atoms with Crippen molar-refractivity contribution in [2.75, 3.05) is 6.61 Å². The van der Waals surface area contributed by atoms with E-state index in [4.69, 9.17) is 21.1 Å². The van der Waals surface area contributed by atoms with Gasteiger partial charge in [0.05, 0.1) is 12.4 Å². The Bertz CT molecular complexity index is 359. The van der Waals surface area contributed by atoms with Gasteiger partial charge < -0.3 is 9.47 Å². The van der Waals surface area contributed by atoms with E-state index in [9.17, 15) is 4.79 Å². The van der Waals surface area contributed by atoms with Crippen LogP contribution in [0.5, 0.6) is 5.75 Å². The Morgan fingerprint density at radius 1 is 1.38 bits per heavy atom. The van der Waals surface area contributed by atoms with Crippen LogP contribution in [-0.2, 0) is 9.53 Å². The molecule has 0 aliphatic heterocycles. The second-order valence-corrected chi connectivity index (χ2v) is 4.40. The van der Waals surface area contributed by atoms with Crippen molar-refractivity contribution in [2.45, 2.75) is 26.4 Å². The Balaban J connectivity index is 2.40. The number of hydrogen-bond donors (Lipinski definition) is 0. The first kappa shape index (κ1) is 12.7. The van der Waals surface area contributed by atoms with Crippen molar-refractivity contribution in [2.24, 2.45) is 0 Å². The fraction of sp³-hybridized carbons (Fsp3) is 0.500. The third-order valence-electron chi connectivity index (χ3n) is 1.37. The number of halogens is 1. The molecule has 0 radical (unpaired) electrons. The van der Waals surface area contributed by atoms with Gasteiger partial charge in [0.1, 0.15) is 5.60 Å². The Morgan fingerprint density at radius 2 is 1.94 bits per heavy atom. The number of ether oxygens (including phenoxy) is 2. The molecule has 0 atom stereocenters. The molecule has 0 aliphatic carbocycles. The second kappa shape index (κ2) is 5.12. The first-order valence-corrected chi connectivity index (χ1v) is 5.07. The zero-order chi connectivity index (χ0) is 12.2. The highest BCUT2D eigenvalue weighted by Crippen LogP contribution is 2.10. The Morgan fingerprint density at radius 3 is 2.44 bits per heavy atom. The Kier molecular flexibility index (Phi) is 4.06. The van der Waals surface area contributed by atoms with E-state index < -0.39 is 11.6 Å². The van der Waals surface area contributed by atoms with Crippen molar-refractivity contribution in [3.8, 4) is 5.75 Å². The summed E-state index contributed by atoms with van der Waals surface area (Å²) in [6, 6.07) is 0. The second-order valence-electron chi connectivity index (χ2n) is 4.06. The lowest BCUT2D eigenvalue weighted by molar-refractivity contribution is -0.157. The van der Waals surface area contributed by atoms with E-state index in [2.05, 4.69) is 9.97 Å². The molecular formula is C10H13ClN2O3. The Labute approximate surface area is 98.8 Å². The standard InChI is InChI=1S/C10H13ClN2O3/c1-10(2,3)16-8(14)6-15-7-4-12-9(11)13-5-7/h4-5H,6H2,1-3H3. The van der Waals surface area contributed by atoms with Crippen molar-refractivity contribution < 1.29 is 14.3 Å². The van der Waals surface area contributed by atoms with E-state index in [1.54, 1.807) is 20.8 Å². The van der Waals surface area contributed by atoms with Crippen molar-refractivity contribution in [1.29, 1.82) is 0 Å². The van der Waals surface area contributed by atoms with Crippen LogP contribution >= 0.6 is 11.6 Å². The van der Waals surface area contributed by atoms with E-state index in [-0.39, 0.29) is 11.9 Å². The van der Waals surface area contributed by atoms with E-state index in [0.29, 0.717) is 5.75 Å². The topological polar surface area (TPSA) is 61.3 Å². The van der Waals surface area contributed by atoms with Gasteiger partial charge in [0.25, 0.3) is 0 Å². The van der Waals surface area contributed by atoms with E-state index in [1.807, 2.05) is 0 Å². The summed E-state index contributed by atoms with van der Waals surface area (Å²) in [5.74, 6) is -0.0716. The summed E-state index contributed by atoms with van der Waals surface area (Å²) in [7, 11) is 0. The molecule has 1 rings (SSSR count). The number of nitrogens with zero attached hydrogens (tertiary/aromatic N) is 2. The van der Waals surface area contributed by atoms with Crippen LogP contribution in [-0.4, -0.2) is 28.1 Å². The van der Waals surface area contributed by atoms with Gasteiger partial charge in [-0.25, -0.2) is 14.8 Å². The van der Waals surface area contributed by atoms with Crippen LogP contribution in [0.15, 0.2) is 12.4 Å². The molecule has 5 nitrogen and oxygen atoms in total. The van der Waals surface area contributed by atoms with Gasteiger partial charge in [-0.2, -0.15) is 0 Å². The zero-order valence-electron chi connectivity index (χ0n) is 9.36. The quantitative estimate of drug-likeness (QED) is 0.600. The average Bonchev–Trinajstić information content (AvgIpc) is 2.14. The summed E-state index contributed by atoms with van der Waals surface area (Å²) in [6.45, 7) is 5.19. The summed E-state index contributed by atoms with van der Waals surface area (Å²) in [5, 5.41) is 0.129. The van der Waals surface area contributed by atoms with Gasteiger partial charge in [-0.15, -0.1) is 0 Å². The molecule has 0 saturated heterocycles. The predicted octanol–water partition coefficient (Wildman–Crippen LogP) is 1.85. The van der Waals surface area contributed by atoms with Gasteiger partial charge >= 0.3 is 5.97 Å². The van der Waals surface area contributed by atoms with Crippen LogP contribution in [0.25, 0.3) is 0 Å². The minimum Gasteiger partial charge on any atom is -0.479 e. The lowest BCUT2D eigenvalue weighted by atomic mass is 10.2. The zero-order valence-corrected chi connectivity index (χ0v) is 10.1. The largest absolute Gasteiger partial charge is 0.479 e. The van der Waals surface area contributed by atoms with E-state index in [1.165, 1.54) is 12.4 Å². The predicted molar refractivity (Wildman–Crippen MR) is 58.4 cm³/mol. The number of carbonyl (C=O) groups excluding carboxylic acids is 1. The van der Waals surface area contributed by atoms with Crippen LogP contribution in [0.4, 0.5) is 0 Å². The molecule has 0 N–H and O–H groups in total. The van der Waals surface area contributed by atoms with Crippen molar-refractivity contribution in [1.82, 2.24) is 9.97 Å². The molecule has 0 aliphatic rings. The number of esters is 1. The molecule has 16 heavy (non-hydrogen) atoms. The Hall–Kier alpha value is -1.36. The van der Waals surface area contributed by atoms with Crippen LogP contribution in [0.2, 0.25) is 5.28 Å². The molecule has 1 aromatic rings. The van der Waals surface area contributed by atoms with Crippen LogP contribution < -0.4 is 4.74 Å². The molecule has 0 bridgehead atoms. The fourth-order valence-electron chi connectivity index (χ4n) is 0.888. The first-order valence-electron chi connectivity index (χ1n) is 4.69. The number of aromatic nitrogens is 2. The van der Waals surface area contributed by atoms with Gasteiger partial charge in [0.2, 0.25) is 5.28 Å². The maximum Gasteiger partial charge on any atom is 0.344 e. The third kappa shape index (κ3) is 4.93. The summed E-state index contributed by atoms with van der Waals surface area (Å²) in [4.78, 5) is 18.7. The van der Waals surface area contributed by atoms with E-state index in [0.717, 1.165) is 0 Å². The molecule has 1 aromatic heterocycles. The van der Waals surface area contributed by atoms with Crippen molar-refractivity contribution in [3.05, 3.63) is 17.7 Å². The molecule has 0 aromatic carbocycles. The molecule has 0 fully saturated rings. The summed E-state index contributed by atoms with van der Waals surface area (Å²) in [6.07, 6.45) is 2.78. The lowest BCUT2D eigenvalue weighted by Crippen LogP contribution is -2.27. The molecule has 0 amide bonds. The highest BCUT2D eigenvalue weighted by atomic mass is 35.5. The van der Waals surface area contributed by atoms with Gasteiger partial charge in [-0.05, 0) is 32.4 Å². The third-order valence-corrected chi connectivity index (χ3v) is 1.57. The van der Waals surface area contributed by atoms with Crippen molar-refractivity contribution >= 4 is 17.6 Å². The molecule has 0 unspecified atom stereocenters. The number of rotatable bonds is 3. The smallest absolute Gasteiger partial charge is 0.344 e. The fourth-order valence-corrected chi connectivity index (χ4v) is 0.986. The highest BCUT2D eigenvalue weighted by molar-refractivity contribution is 6.28. The van der Waals surface area contributed by atoms with Crippen molar-refractivity contribution in [3.63, 3.8) is 0 Å². The molecule has 0 saturated carbocycles. The minimum absolute atomic E-state index is 0.129.